The lowest BCUT2D eigenvalue weighted by Gasteiger charge is -2.27. The molecule has 1 aromatic rings. The van der Waals surface area contributed by atoms with E-state index in [1.165, 1.54) is 11.3 Å². The molecule has 5 heteroatoms. The Kier molecular flexibility index (Phi) is 4.87. The molecule has 0 saturated carbocycles. The molecule has 1 atom stereocenters. The molecule has 0 amide bonds. The molecule has 0 aromatic carbocycles. The van der Waals surface area contributed by atoms with Crippen LogP contribution >= 0.6 is 11.3 Å². The van der Waals surface area contributed by atoms with Gasteiger partial charge in [0.05, 0.1) is 5.69 Å². The van der Waals surface area contributed by atoms with E-state index in [1.807, 2.05) is 6.92 Å². The molecule has 0 aliphatic rings. The zero-order chi connectivity index (χ0) is 13.9. The average molecular weight is 271 g/mol. The Labute approximate surface area is 112 Å². The van der Waals surface area contributed by atoms with Crippen LogP contribution in [0.3, 0.4) is 0 Å². The third-order valence-electron chi connectivity index (χ3n) is 2.64. The first kappa shape index (κ1) is 15.1. The quantitative estimate of drug-likeness (QED) is 0.890. The summed E-state index contributed by atoms with van der Waals surface area (Å²) in [6, 6.07) is 0. The smallest absolute Gasteiger partial charge is 0.347 e. The number of rotatable bonds is 5. The predicted molar refractivity (Wildman–Crippen MR) is 72.3 cm³/mol. The highest BCUT2D eigenvalue weighted by atomic mass is 32.1. The first-order valence-corrected chi connectivity index (χ1v) is 6.88. The summed E-state index contributed by atoms with van der Waals surface area (Å²) in [6.45, 7) is 8.19. The standard InChI is InChI=1S/C13H21NO3S/c1-6-7-8-9(12(15)16)18-11(14-8)10(17-5)13(2,3)4/h10H,6-7H2,1-5H3,(H,15,16). The third kappa shape index (κ3) is 3.29. The number of carboxylic acids is 1. The molecule has 1 aromatic heterocycles. The van der Waals surface area contributed by atoms with Gasteiger partial charge in [-0.25, -0.2) is 9.78 Å². The summed E-state index contributed by atoms with van der Waals surface area (Å²) in [4.78, 5) is 16.0. The van der Waals surface area contributed by atoms with E-state index >= 15 is 0 Å². The number of methoxy groups -OCH3 is 1. The van der Waals surface area contributed by atoms with Crippen molar-refractivity contribution in [3.63, 3.8) is 0 Å². The largest absolute Gasteiger partial charge is 0.477 e. The van der Waals surface area contributed by atoms with Crippen molar-refractivity contribution in [1.82, 2.24) is 4.98 Å². The Hall–Kier alpha value is -0.940. The van der Waals surface area contributed by atoms with Crippen molar-refractivity contribution in [1.29, 1.82) is 0 Å². The lowest BCUT2D eigenvalue weighted by molar-refractivity contribution is 0.0149. The maximum atomic E-state index is 11.2. The van der Waals surface area contributed by atoms with Gasteiger partial charge in [-0.2, -0.15) is 0 Å². The minimum atomic E-state index is -0.897. The van der Waals surface area contributed by atoms with Crippen LogP contribution in [0.15, 0.2) is 0 Å². The van der Waals surface area contributed by atoms with Gasteiger partial charge in [0.25, 0.3) is 0 Å². The summed E-state index contributed by atoms with van der Waals surface area (Å²) >= 11 is 1.23. The van der Waals surface area contributed by atoms with Crippen LogP contribution in [0.25, 0.3) is 0 Å². The Morgan fingerprint density at radius 3 is 2.50 bits per heavy atom. The molecule has 0 aliphatic heterocycles. The topological polar surface area (TPSA) is 59.4 Å². The fourth-order valence-corrected chi connectivity index (χ4v) is 3.15. The maximum absolute atomic E-state index is 11.2. The van der Waals surface area contributed by atoms with Gasteiger partial charge in [-0.15, -0.1) is 11.3 Å². The molecular formula is C13H21NO3S. The molecule has 0 aliphatic carbocycles. The lowest BCUT2D eigenvalue weighted by Crippen LogP contribution is -2.19. The highest BCUT2D eigenvalue weighted by molar-refractivity contribution is 7.13. The van der Waals surface area contributed by atoms with E-state index in [0.717, 1.165) is 11.4 Å². The molecule has 0 spiro atoms. The first-order valence-electron chi connectivity index (χ1n) is 6.07. The number of carboxylic acid groups (broad SMARTS) is 1. The van der Waals surface area contributed by atoms with Crippen molar-refractivity contribution >= 4 is 17.3 Å². The Bertz CT molecular complexity index is 420. The predicted octanol–water partition coefficient (Wildman–Crippen LogP) is 3.53. The summed E-state index contributed by atoms with van der Waals surface area (Å²) in [5, 5.41) is 9.95. The number of aromatic carboxylic acids is 1. The van der Waals surface area contributed by atoms with Crippen LogP contribution < -0.4 is 0 Å². The Balaban J connectivity index is 3.17. The van der Waals surface area contributed by atoms with Gasteiger partial charge in [-0.1, -0.05) is 34.1 Å². The van der Waals surface area contributed by atoms with E-state index in [2.05, 4.69) is 25.8 Å². The number of aryl methyl sites for hydroxylation is 1. The molecule has 1 N–H and O–H groups in total. The molecule has 0 bridgehead atoms. The van der Waals surface area contributed by atoms with Gasteiger partial charge >= 0.3 is 5.97 Å². The average Bonchev–Trinajstić information content (AvgIpc) is 2.61. The van der Waals surface area contributed by atoms with Gasteiger partial charge in [-0.05, 0) is 11.8 Å². The molecule has 1 heterocycles. The van der Waals surface area contributed by atoms with Gasteiger partial charge in [0.2, 0.25) is 0 Å². The summed E-state index contributed by atoms with van der Waals surface area (Å²) in [5.74, 6) is -0.897. The highest BCUT2D eigenvalue weighted by Crippen LogP contribution is 2.38. The van der Waals surface area contributed by atoms with E-state index in [4.69, 9.17) is 4.74 Å². The van der Waals surface area contributed by atoms with E-state index < -0.39 is 5.97 Å². The van der Waals surface area contributed by atoms with Crippen molar-refractivity contribution in [3.8, 4) is 0 Å². The number of hydrogen-bond donors (Lipinski definition) is 1. The summed E-state index contributed by atoms with van der Waals surface area (Å²) < 4.78 is 5.48. The fourth-order valence-electron chi connectivity index (χ4n) is 1.88. The minimum Gasteiger partial charge on any atom is -0.477 e. The molecule has 4 nitrogen and oxygen atoms in total. The fraction of sp³-hybridized carbons (Fsp3) is 0.692. The van der Waals surface area contributed by atoms with Crippen LogP contribution in [0.1, 0.15) is 60.6 Å². The van der Waals surface area contributed by atoms with Gasteiger partial charge in [0.15, 0.2) is 0 Å². The van der Waals surface area contributed by atoms with E-state index in [9.17, 15) is 9.90 Å². The Morgan fingerprint density at radius 2 is 2.11 bits per heavy atom. The number of thiazole rings is 1. The summed E-state index contributed by atoms with van der Waals surface area (Å²) in [7, 11) is 1.64. The van der Waals surface area contributed by atoms with Crippen LogP contribution in [0, 0.1) is 5.41 Å². The van der Waals surface area contributed by atoms with Gasteiger partial charge in [0.1, 0.15) is 16.0 Å². The minimum absolute atomic E-state index is 0.105. The summed E-state index contributed by atoms with van der Waals surface area (Å²) in [6.07, 6.45) is 1.40. The van der Waals surface area contributed by atoms with Crippen molar-refractivity contribution in [2.24, 2.45) is 5.41 Å². The number of nitrogens with zero attached hydrogens (tertiary/aromatic N) is 1. The summed E-state index contributed by atoms with van der Waals surface area (Å²) in [5.41, 5.74) is 0.572. The van der Waals surface area contributed by atoms with Gasteiger partial charge < -0.3 is 9.84 Å². The van der Waals surface area contributed by atoms with E-state index in [1.54, 1.807) is 7.11 Å². The highest BCUT2D eigenvalue weighted by Gasteiger charge is 2.31. The second-order valence-electron chi connectivity index (χ2n) is 5.36. The molecule has 0 radical (unpaired) electrons. The zero-order valence-electron chi connectivity index (χ0n) is 11.6. The number of hydrogen-bond acceptors (Lipinski definition) is 4. The van der Waals surface area contributed by atoms with Crippen molar-refractivity contribution in [2.45, 2.75) is 46.6 Å². The number of aromatic nitrogens is 1. The normalized spacial score (nSPS) is 13.6. The maximum Gasteiger partial charge on any atom is 0.347 e. The van der Waals surface area contributed by atoms with Crippen LogP contribution in [-0.2, 0) is 11.2 Å². The zero-order valence-corrected chi connectivity index (χ0v) is 12.4. The van der Waals surface area contributed by atoms with Crippen molar-refractivity contribution < 1.29 is 14.6 Å². The number of carbonyl (C=O) groups is 1. The molecule has 1 unspecified atom stereocenters. The van der Waals surface area contributed by atoms with E-state index in [0.29, 0.717) is 17.0 Å². The second-order valence-corrected chi connectivity index (χ2v) is 6.40. The van der Waals surface area contributed by atoms with Crippen molar-refractivity contribution in [2.75, 3.05) is 7.11 Å². The van der Waals surface area contributed by atoms with Crippen LogP contribution in [-0.4, -0.2) is 23.2 Å². The monoisotopic (exact) mass is 271 g/mol. The first-order chi connectivity index (χ1) is 8.31. The van der Waals surface area contributed by atoms with Crippen LogP contribution in [0.4, 0.5) is 0 Å². The third-order valence-corrected chi connectivity index (χ3v) is 3.77. The van der Waals surface area contributed by atoms with E-state index in [-0.39, 0.29) is 11.5 Å². The van der Waals surface area contributed by atoms with Gasteiger partial charge in [-0.3, -0.25) is 0 Å². The van der Waals surface area contributed by atoms with Crippen LogP contribution in [0.2, 0.25) is 0 Å². The number of ether oxygens (including phenoxy) is 1. The lowest BCUT2D eigenvalue weighted by atomic mass is 9.89. The molecule has 0 fully saturated rings. The molecule has 18 heavy (non-hydrogen) atoms. The molecule has 0 saturated heterocycles. The molecule has 102 valence electrons. The SMILES string of the molecule is CCCc1nc(C(OC)C(C)(C)C)sc1C(=O)O. The Morgan fingerprint density at radius 1 is 1.50 bits per heavy atom. The molecular weight excluding hydrogens is 250 g/mol. The molecule has 1 rings (SSSR count). The van der Waals surface area contributed by atoms with Gasteiger partial charge in [0, 0.05) is 7.11 Å². The van der Waals surface area contributed by atoms with Crippen molar-refractivity contribution in [3.05, 3.63) is 15.6 Å². The second kappa shape index (κ2) is 5.80. The van der Waals surface area contributed by atoms with Crippen LogP contribution in [0.5, 0.6) is 0 Å².